The first kappa shape index (κ1) is 18.3. The zero-order valence-electron chi connectivity index (χ0n) is 14.0. The number of nitrogens with one attached hydrogen (secondary N) is 1. The van der Waals surface area contributed by atoms with Gasteiger partial charge in [-0.05, 0) is 19.4 Å². The molecule has 1 unspecified atom stereocenters. The maximum absolute atomic E-state index is 12.4. The van der Waals surface area contributed by atoms with E-state index in [1.807, 2.05) is 10.8 Å². The number of imidazole rings is 1. The zero-order valence-corrected chi connectivity index (χ0v) is 14.0. The van der Waals surface area contributed by atoms with E-state index in [1.165, 1.54) is 4.68 Å². The first-order chi connectivity index (χ1) is 11.3. The van der Waals surface area contributed by atoms with Gasteiger partial charge in [-0.25, -0.2) is 9.67 Å². The lowest BCUT2D eigenvalue weighted by Crippen LogP contribution is -2.25. The molecule has 134 valence electrons. The Labute approximate surface area is 138 Å². The van der Waals surface area contributed by atoms with Crippen molar-refractivity contribution in [2.24, 2.45) is 13.0 Å². The number of aromatic nitrogens is 4. The van der Waals surface area contributed by atoms with Crippen LogP contribution in [0.5, 0.6) is 5.88 Å². The van der Waals surface area contributed by atoms with Gasteiger partial charge in [-0.1, -0.05) is 6.92 Å². The van der Waals surface area contributed by atoms with Crippen LogP contribution in [-0.2, 0) is 20.1 Å². The van der Waals surface area contributed by atoms with E-state index in [1.54, 1.807) is 26.5 Å². The Kier molecular flexibility index (Phi) is 5.87. The lowest BCUT2D eigenvalue weighted by molar-refractivity contribution is -0.154. The van der Waals surface area contributed by atoms with Crippen molar-refractivity contribution in [2.45, 2.75) is 33.1 Å². The third-order valence-corrected chi connectivity index (χ3v) is 3.54. The largest absolute Gasteiger partial charge is 0.468 e. The Bertz CT molecular complexity index is 636. The molecular weight excluding hydrogens is 323 g/mol. The molecule has 0 aliphatic heterocycles. The van der Waals surface area contributed by atoms with Crippen molar-refractivity contribution >= 4 is 0 Å². The molecule has 0 spiro atoms. The Morgan fingerprint density at radius 3 is 2.75 bits per heavy atom. The molecule has 0 saturated carbocycles. The van der Waals surface area contributed by atoms with Crippen LogP contribution in [0.2, 0.25) is 0 Å². The van der Waals surface area contributed by atoms with E-state index >= 15 is 0 Å². The van der Waals surface area contributed by atoms with Crippen LogP contribution in [0.15, 0.2) is 18.7 Å². The minimum absolute atomic E-state index is 0.152. The highest BCUT2D eigenvalue weighted by atomic mass is 19.4. The lowest BCUT2D eigenvalue weighted by Gasteiger charge is -2.14. The summed E-state index contributed by atoms with van der Waals surface area (Å²) in [5.74, 6) is 0.496. The molecule has 0 fully saturated rings. The molecule has 0 saturated heterocycles. The van der Waals surface area contributed by atoms with Crippen molar-refractivity contribution in [2.75, 3.05) is 13.2 Å². The summed E-state index contributed by atoms with van der Waals surface area (Å²) < 4.78 is 45.4. The number of hydrogen-bond donors (Lipinski definition) is 1. The van der Waals surface area contributed by atoms with Gasteiger partial charge in [-0.3, -0.25) is 0 Å². The quantitative estimate of drug-likeness (QED) is 0.798. The molecule has 0 amide bonds. The summed E-state index contributed by atoms with van der Waals surface area (Å²) in [6, 6.07) is 0. The molecule has 2 aromatic heterocycles. The van der Waals surface area contributed by atoms with Crippen LogP contribution < -0.4 is 10.1 Å². The standard InChI is InChI=1S/C15H22F3N5O/c1-11(8-23-5-4-19-10-23)6-20-7-13-12(2)21-22(3)14(13)24-9-15(16,17)18/h4-5,10-11,20H,6-9H2,1-3H3. The summed E-state index contributed by atoms with van der Waals surface area (Å²) in [4.78, 5) is 3.99. The highest BCUT2D eigenvalue weighted by Crippen LogP contribution is 2.24. The average Bonchev–Trinajstić information content (AvgIpc) is 3.05. The average molecular weight is 345 g/mol. The first-order valence-electron chi connectivity index (χ1n) is 7.64. The molecule has 24 heavy (non-hydrogen) atoms. The first-order valence-corrected chi connectivity index (χ1v) is 7.64. The van der Waals surface area contributed by atoms with Gasteiger partial charge in [0.2, 0.25) is 5.88 Å². The second-order valence-corrected chi connectivity index (χ2v) is 5.89. The van der Waals surface area contributed by atoms with Gasteiger partial charge in [0.05, 0.1) is 17.6 Å². The minimum Gasteiger partial charge on any atom is -0.468 e. The highest BCUT2D eigenvalue weighted by Gasteiger charge is 2.30. The van der Waals surface area contributed by atoms with Crippen LogP contribution in [0.4, 0.5) is 13.2 Å². The Morgan fingerprint density at radius 2 is 2.12 bits per heavy atom. The topological polar surface area (TPSA) is 56.9 Å². The van der Waals surface area contributed by atoms with E-state index < -0.39 is 12.8 Å². The number of alkyl halides is 3. The predicted octanol–water partition coefficient (Wildman–Crippen LogP) is 2.29. The summed E-state index contributed by atoms with van der Waals surface area (Å²) in [6.45, 7) is 4.45. The molecule has 6 nitrogen and oxygen atoms in total. The van der Waals surface area contributed by atoms with Crippen LogP contribution in [0.1, 0.15) is 18.2 Å². The van der Waals surface area contributed by atoms with Crippen LogP contribution in [0, 0.1) is 12.8 Å². The lowest BCUT2D eigenvalue weighted by atomic mass is 10.1. The molecular formula is C15H22F3N5O. The maximum Gasteiger partial charge on any atom is 0.422 e. The van der Waals surface area contributed by atoms with Crippen molar-refractivity contribution in [3.63, 3.8) is 0 Å². The van der Waals surface area contributed by atoms with Gasteiger partial charge in [0.15, 0.2) is 6.61 Å². The smallest absolute Gasteiger partial charge is 0.422 e. The van der Waals surface area contributed by atoms with Gasteiger partial charge in [-0.2, -0.15) is 18.3 Å². The third-order valence-electron chi connectivity index (χ3n) is 3.54. The summed E-state index contributed by atoms with van der Waals surface area (Å²) in [5, 5.41) is 7.40. The molecule has 1 N–H and O–H groups in total. The number of nitrogens with zero attached hydrogens (tertiary/aromatic N) is 4. The molecule has 1 atom stereocenters. The summed E-state index contributed by atoms with van der Waals surface area (Å²) in [7, 11) is 1.57. The predicted molar refractivity (Wildman–Crippen MR) is 82.6 cm³/mol. The second kappa shape index (κ2) is 7.69. The van der Waals surface area contributed by atoms with Crippen LogP contribution in [0.25, 0.3) is 0 Å². The Hall–Kier alpha value is -2.03. The fourth-order valence-electron chi connectivity index (χ4n) is 2.48. The van der Waals surface area contributed by atoms with E-state index in [0.29, 0.717) is 30.3 Å². The highest BCUT2D eigenvalue weighted by molar-refractivity contribution is 5.30. The van der Waals surface area contributed by atoms with Gasteiger partial charge in [0.1, 0.15) is 0 Å². The van der Waals surface area contributed by atoms with E-state index in [9.17, 15) is 13.2 Å². The zero-order chi connectivity index (χ0) is 17.7. The molecule has 2 rings (SSSR count). The molecule has 9 heteroatoms. The normalized spacial score (nSPS) is 13.2. The number of rotatable bonds is 8. The van der Waals surface area contributed by atoms with Crippen LogP contribution in [-0.4, -0.2) is 38.7 Å². The van der Waals surface area contributed by atoms with E-state index in [0.717, 1.165) is 6.54 Å². The van der Waals surface area contributed by atoms with E-state index in [2.05, 4.69) is 22.3 Å². The fourth-order valence-corrected chi connectivity index (χ4v) is 2.48. The number of hydrogen-bond acceptors (Lipinski definition) is 4. The molecule has 2 heterocycles. The summed E-state index contributed by atoms with van der Waals surface area (Å²) in [6.07, 6.45) is 1.00. The van der Waals surface area contributed by atoms with Crippen LogP contribution >= 0.6 is 0 Å². The van der Waals surface area contributed by atoms with Crippen LogP contribution in [0.3, 0.4) is 0 Å². The summed E-state index contributed by atoms with van der Waals surface area (Å²) >= 11 is 0. The molecule has 0 aliphatic carbocycles. The van der Waals surface area contributed by atoms with Crippen molar-refractivity contribution in [1.29, 1.82) is 0 Å². The number of halogens is 3. The molecule has 2 aromatic rings. The van der Waals surface area contributed by atoms with Gasteiger partial charge in [-0.15, -0.1) is 0 Å². The minimum atomic E-state index is -4.37. The van der Waals surface area contributed by atoms with Gasteiger partial charge in [0.25, 0.3) is 0 Å². The van der Waals surface area contributed by atoms with Crippen molar-refractivity contribution < 1.29 is 17.9 Å². The van der Waals surface area contributed by atoms with Gasteiger partial charge >= 0.3 is 6.18 Å². The number of aryl methyl sites for hydroxylation is 2. The second-order valence-electron chi connectivity index (χ2n) is 5.89. The molecule has 0 aliphatic rings. The molecule has 0 aromatic carbocycles. The summed E-state index contributed by atoms with van der Waals surface area (Å²) in [5.41, 5.74) is 1.31. The van der Waals surface area contributed by atoms with Crippen molar-refractivity contribution in [3.05, 3.63) is 30.0 Å². The van der Waals surface area contributed by atoms with Crippen molar-refractivity contribution in [3.8, 4) is 5.88 Å². The monoisotopic (exact) mass is 345 g/mol. The Morgan fingerprint density at radius 1 is 1.38 bits per heavy atom. The van der Waals surface area contributed by atoms with E-state index in [4.69, 9.17) is 4.74 Å². The fraction of sp³-hybridized carbons (Fsp3) is 0.600. The van der Waals surface area contributed by atoms with Gasteiger partial charge in [0, 0.05) is 32.5 Å². The maximum atomic E-state index is 12.4. The number of ether oxygens (including phenoxy) is 1. The SMILES string of the molecule is Cc1nn(C)c(OCC(F)(F)F)c1CNCC(C)Cn1ccnc1. The molecule has 0 radical (unpaired) electrons. The Balaban J connectivity index is 1.89. The van der Waals surface area contributed by atoms with E-state index in [-0.39, 0.29) is 5.88 Å². The van der Waals surface area contributed by atoms with Crippen molar-refractivity contribution in [1.82, 2.24) is 24.6 Å². The third kappa shape index (κ3) is 5.26. The van der Waals surface area contributed by atoms with Gasteiger partial charge < -0.3 is 14.6 Å². The molecule has 0 bridgehead atoms.